The lowest BCUT2D eigenvalue weighted by molar-refractivity contribution is -0.137. The Morgan fingerprint density at radius 3 is 1.42 bits per heavy atom. The first-order valence-corrected chi connectivity index (χ1v) is 7.71. The number of hydrogen-bond acceptors (Lipinski definition) is 3. The van der Waals surface area contributed by atoms with Crippen molar-refractivity contribution in [3.63, 3.8) is 0 Å². The lowest BCUT2D eigenvalue weighted by Crippen LogP contribution is -2.02. The molecule has 19 heavy (non-hydrogen) atoms. The van der Waals surface area contributed by atoms with Crippen LogP contribution in [-0.2, 0) is 4.79 Å². The fourth-order valence-electron chi connectivity index (χ4n) is 2.19. The molecule has 0 aliphatic carbocycles. The van der Waals surface area contributed by atoms with Crippen molar-refractivity contribution in [3.8, 4) is 0 Å². The fraction of sp³-hybridized carbons (Fsp3) is 0.933. The second kappa shape index (κ2) is 13.8. The molecule has 4 nitrogen and oxygen atoms in total. The topological polar surface area (TPSA) is 77.8 Å². The standard InChI is InChI=1S/C15H30O4/c16-14(17)12-10-8-6-4-2-1-3-5-7-9-11-13-15(18)19/h14,16-17H,1-13H2,(H,18,19). The highest BCUT2D eigenvalue weighted by Gasteiger charge is 1.98. The van der Waals surface area contributed by atoms with Crippen molar-refractivity contribution in [1.29, 1.82) is 0 Å². The Labute approximate surface area is 116 Å². The van der Waals surface area contributed by atoms with Gasteiger partial charge >= 0.3 is 5.97 Å². The normalized spacial score (nSPS) is 11.1. The first-order valence-electron chi connectivity index (χ1n) is 7.71. The maximum Gasteiger partial charge on any atom is 0.303 e. The third-order valence-electron chi connectivity index (χ3n) is 3.35. The number of hydrogen-bond donors (Lipinski definition) is 3. The van der Waals surface area contributed by atoms with Gasteiger partial charge in [-0.25, -0.2) is 0 Å². The maximum absolute atomic E-state index is 10.3. The van der Waals surface area contributed by atoms with E-state index >= 15 is 0 Å². The second-order valence-corrected chi connectivity index (χ2v) is 5.30. The van der Waals surface area contributed by atoms with E-state index in [0.29, 0.717) is 12.8 Å². The van der Waals surface area contributed by atoms with Crippen LogP contribution in [0.5, 0.6) is 0 Å². The van der Waals surface area contributed by atoms with Crippen molar-refractivity contribution < 1.29 is 20.1 Å². The van der Waals surface area contributed by atoms with E-state index in [1.807, 2.05) is 0 Å². The zero-order chi connectivity index (χ0) is 14.3. The highest BCUT2D eigenvalue weighted by molar-refractivity contribution is 5.66. The molecule has 0 atom stereocenters. The molecule has 0 fully saturated rings. The minimum absolute atomic E-state index is 0.308. The van der Waals surface area contributed by atoms with E-state index < -0.39 is 12.3 Å². The van der Waals surface area contributed by atoms with Crippen LogP contribution in [0.3, 0.4) is 0 Å². The van der Waals surface area contributed by atoms with E-state index in [4.69, 9.17) is 15.3 Å². The predicted molar refractivity (Wildman–Crippen MR) is 75.9 cm³/mol. The summed E-state index contributed by atoms with van der Waals surface area (Å²) in [6.07, 6.45) is 12.1. The molecule has 114 valence electrons. The summed E-state index contributed by atoms with van der Waals surface area (Å²) in [7, 11) is 0. The number of carboxylic acid groups (broad SMARTS) is 1. The van der Waals surface area contributed by atoms with Crippen LogP contribution in [0, 0.1) is 0 Å². The molecule has 0 saturated carbocycles. The van der Waals surface area contributed by atoms with E-state index in [-0.39, 0.29) is 0 Å². The Morgan fingerprint density at radius 2 is 1.05 bits per heavy atom. The highest BCUT2D eigenvalue weighted by atomic mass is 16.5. The molecule has 0 aliphatic heterocycles. The van der Waals surface area contributed by atoms with Crippen molar-refractivity contribution in [3.05, 3.63) is 0 Å². The van der Waals surface area contributed by atoms with Crippen molar-refractivity contribution in [2.24, 2.45) is 0 Å². The van der Waals surface area contributed by atoms with Crippen LogP contribution in [0.15, 0.2) is 0 Å². The Morgan fingerprint density at radius 1 is 0.684 bits per heavy atom. The number of rotatable bonds is 14. The smallest absolute Gasteiger partial charge is 0.303 e. The molecule has 4 heteroatoms. The van der Waals surface area contributed by atoms with Crippen molar-refractivity contribution in [1.82, 2.24) is 0 Å². The molecular formula is C15H30O4. The van der Waals surface area contributed by atoms with Crippen LogP contribution in [0.1, 0.15) is 83.5 Å². The largest absolute Gasteiger partial charge is 0.481 e. The van der Waals surface area contributed by atoms with Crippen molar-refractivity contribution in [2.75, 3.05) is 0 Å². The molecule has 0 unspecified atom stereocenters. The van der Waals surface area contributed by atoms with Gasteiger partial charge < -0.3 is 15.3 Å². The van der Waals surface area contributed by atoms with Crippen LogP contribution >= 0.6 is 0 Å². The number of aliphatic hydroxyl groups is 2. The molecule has 0 aromatic rings. The lowest BCUT2D eigenvalue weighted by atomic mass is 10.0. The molecular weight excluding hydrogens is 244 g/mol. The third-order valence-corrected chi connectivity index (χ3v) is 3.35. The van der Waals surface area contributed by atoms with E-state index in [1.54, 1.807) is 0 Å². The Kier molecular flexibility index (Phi) is 13.4. The molecule has 0 rings (SSSR count). The molecule has 0 radical (unpaired) electrons. The molecule has 0 saturated heterocycles. The predicted octanol–water partition coefficient (Wildman–Crippen LogP) is 3.45. The van der Waals surface area contributed by atoms with Crippen molar-refractivity contribution in [2.45, 2.75) is 89.8 Å². The van der Waals surface area contributed by atoms with Gasteiger partial charge in [-0.05, 0) is 19.3 Å². The van der Waals surface area contributed by atoms with Crippen LogP contribution in [0.25, 0.3) is 0 Å². The summed E-state index contributed by atoms with van der Waals surface area (Å²) in [4.78, 5) is 10.3. The molecule has 0 bridgehead atoms. The maximum atomic E-state index is 10.3. The Hall–Kier alpha value is -0.610. The fourth-order valence-corrected chi connectivity index (χ4v) is 2.19. The van der Waals surface area contributed by atoms with Gasteiger partial charge in [-0.1, -0.05) is 57.8 Å². The summed E-state index contributed by atoms with van der Waals surface area (Å²) in [6, 6.07) is 0. The molecule has 0 heterocycles. The molecule has 0 spiro atoms. The number of unbranched alkanes of at least 4 members (excludes halogenated alkanes) is 10. The summed E-state index contributed by atoms with van der Waals surface area (Å²) in [5.41, 5.74) is 0. The van der Waals surface area contributed by atoms with Crippen LogP contribution < -0.4 is 0 Å². The SMILES string of the molecule is O=C(O)CCCCCCCCCCCCCC(O)O. The van der Waals surface area contributed by atoms with Gasteiger partial charge in [0.05, 0.1) is 0 Å². The highest BCUT2D eigenvalue weighted by Crippen LogP contribution is 2.12. The average Bonchev–Trinajstić information content (AvgIpc) is 2.34. The van der Waals surface area contributed by atoms with E-state index in [2.05, 4.69) is 0 Å². The summed E-state index contributed by atoms with van der Waals surface area (Å²) in [6.45, 7) is 0. The van der Waals surface area contributed by atoms with Crippen LogP contribution in [-0.4, -0.2) is 27.6 Å². The van der Waals surface area contributed by atoms with Gasteiger partial charge in [0.15, 0.2) is 6.29 Å². The van der Waals surface area contributed by atoms with E-state index in [0.717, 1.165) is 32.1 Å². The minimum Gasteiger partial charge on any atom is -0.481 e. The molecule has 0 aliphatic rings. The third kappa shape index (κ3) is 17.4. The quantitative estimate of drug-likeness (QED) is 0.335. The first kappa shape index (κ1) is 18.4. The number of carboxylic acids is 1. The molecule has 3 N–H and O–H groups in total. The summed E-state index contributed by atoms with van der Waals surface area (Å²) in [5, 5.41) is 25.8. The van der Waals surface area contributed by atoms with E-state index in [9.17, 15) is 4.79 Å². The summed E-state index contributed by atoms with van der Waals surface area (Å²) >= 11 is 0. The lowest BCUT2D eigenvalue weighted by Gasteiger charge is -2.04. The van der Waals surface area contributed by atoms with Gasteiger partial charge in [-0.15, -0.1) is 0 Å². The number of carbonyl (C=O) groups is 1. The molecule has 0 aromatic heterocycles. The van der Waals surface area contributed by atoms with Gasteiger partial charge in [0.2, 0.25) is 0 Å². The Balaban J connectivity index is 2.97. The second-order valence-electron chi connectivity index (χ2n) is 5.30. The molecule has 0 amide bonds. The first-order chi connectivity index (χ1) is 9.13. The molecule has 0 aromatic carbocycles. The Bertz CT molecular complexity index is 204. The zero-order valence-corrected chi connectivity index (χ0v) is 12.0. The van der Waals surface area contributed by atoms with Crippen LogP contribution in [0.4, 0.5) is 0 Å². The zero-order valence-electron chi connectivity index (χ0n) is 12.0. The van der Waals surface area contributed by atoms with Gasteiger partial charge in [0, 0.05) is 6.42 Å². The van der Waals surface area contributed by atoms with Gasteiger partial charge in [-0.3, -0.25) is 4.79 Å². The van der Waals surface area contributed by atoms with Crippen molar-refractivity contribution >= 4 is 5.97 Å². The average molecular weight is 274 g/mol. The van der Waals surface area contributed by atoms with Crippen LogP contribution in [0.2, 0.25) is 0 Å². The van der Waals surface area contributed by atoms with Gasteiger partial charge in [0.25, 0.3) is 0 Å². The number of aliphatic hydroxyl groups excluding tert-OH is 1. The summed E-state index contributed by atoms with van der Waals surface area (Å²) in [5.74, 6) is -0.686. The summed E-state index contributed by atoms with van der Waals surface area (Å²) < 4.78 is 0. The monoisotopic (exact) mass is 274 g/mol. The minimum atomic E-state index is -1.14. The van der Waals surface area contributed by atoms with Gasteiger partial charge in [0.1, 0.15) is 0 Å². The number of aliphatic carboxylic acids is 1. The van der Waals surface area contributed by atoms with E-state index in [1.165, 1.54) is 38.5 Å². The van der Waals surface area contributed by atoms with Gasteiger partial charge in [-0.2, -0.15) is 0 Å².